The van der Waals surface area contributed by atoms with Crippen molar-refractivity contribution in [2.24, 2.45) is 0 Å². The molecule has 0 radical (unpaired) electrons. The zero-order valence-electron chi connectivity index (χ0n) is 11.4. The van der Waals surface area contributed by atoms with Crippen LogP contribution in [0.4, 0.5) is 0 Å². The molecule has 4 nitrogen and oxygen atoms in total. The maximum Gasteiger partial charge on any atom is 0.161 e. The summed E-state index contributed by atoms with van der Waals surface area (Å²) < 4.78 is 10.4. The Hall–Kier alpha value is -1.73. The smallest absolute Gasteiger partial charge is 0.161 e. The van der Waals surface area contributed by atoms with Crippen LogP contribution in [-0.2, 0) is 0 Å². The number of benzene rings is 1. The van der Waals surface area contributed by atoms with Crippen LogP contribution in [0.25, 0.3) is 0 Å². The van der Waals surface area contributed by atoms with Crippen molar-refractivity contribution in [3.05, 3.63) is 23.8 Å². The predicted octanol–water partition coefficient (Wildman–Crippen LogP) is 2.61. The minimum absolute atomic E-state index is 0.259. The van der Waals surface area contributed by atoms with Gasteiger partial charge in [-0.05, 0) is 37.7 Å². The fraction of sp³-hybridized carbons (Fsp3) is 0.500. The highest BCUT2D eigenvalue weighted by Gasteiger charge is 2.17. The van der Waals surface area contributed by atoms with Gasteiger partial charge in [-0.2, -0.15) is 5.26 Å². The first-order chi connectivity index (χ1) is 8.67. The summed E-state index contributed by atoms with van der Waals surface area (Å²) in [4.78, 5) is 2.03. The summed E-state index contributed by atoms with van der Waals surface area (Å²) in [5, 5.41) is 9.30. The van der Waals surface area contributed by atoms with E-state index in [2.05, 4.69) is 13.0 Å². The van der Waals surface area contributed by atoms with E-state index in [1.807, 2.05) is 30.1 Å². The normalized spacial score (nSPS) is 12.0. The van der Waals surface area contributed by atoms with E-state index in [0.29, 0.717) is 11.5 Å². The van der Waals surface area contributed by atoms with E-state index in [4.69, 9.17) is 9.47 Å². The zero-order valence-corrected chi connectivity index (χ0v) is 11.4. The first-order valence-electron chi connectivity index (χ1n) is 5.99. The van der Waals surface area contributed by atoms with Crippen LogP contribution in [0, 0.1) is 11.3 Å². The highest BCUT2D eigenvalue weighted by molar-refractivity contribution is 5.44. The number of nitriles is 1. The van der Waals surface area contributed by atoms with Crippen molar-refractivity contribution < 1.29 is 9.47 Å². The van der Waals surface area contributed by atoms with Crippen molar-refractivity contribution >= 4 is 0 Å². The molecule has 0 fully saturated rings. The van der Waals surface area contributed by atoms with Gasteiger partial charge < -0.3 is 9.47 Å². The number of hydrogen-bond donors (Lipinski definition) is 0. The van der Waals surface area contributed by atoms with Crippen molar-refractivity contribution in [3.8, 4) is 17.6 Å². The first-order valence-corrected chi connectivity index (χ1v) is 5.99. The molecule has 0 saturated carbocycles. The standard InChI is InChI=1S/C14H20N2O2/c1-5-8-16(2)12(10-15)11-6-7-13(17-3)14(9-11)18-4/h6-7,9,12H,5,8H2,1-4H3. The molecule has 0 bridgehead atoms. The van der Waals surface area contributed by atoms with Gasteiger partial charge in [0.05, 0.1) is 20.3 Å². The largest absolute Gasteiger partial charge is 0.493 e. The van der Waals surface area contributed by atoms with Crippen LogP contribution in [0.5, 0.6) is 11.5 Å². The highest BCUT2D eigenvalue weighted by atomic mass is 16.5. The molecular weight excluding hydrogens is 228 g/mol. The van der Waals surface area contributed by atoms with Gasteiger partial charge in [0.1, 0.15) is 6.04 Å². The Morgan fingerprint density at radius 2 is 1.94 bits per heavy atom. The molecule has 1 aromatic carbocycles. The molecule has 1 aromatic rings. The van der Waals surface area contributed by atoms with Crippen LogP contribution < -0.4 is 9.47 Å². The minimum atomic E-state index is -0.259. The van der Waals surface area contributed by atoms with E-state index in [-0.39, 0.29) is 6.04 Å². The van der Waals surface area contributed by atoms with Crippen LogP contribution in [0.1, 0.15) is 24.9 Å². The van der Waals surface area contributed by atoms with Crippen molar-refractivity contribution in [2.45, 2.75) is 19.4 Å². The summed E-state index contributed by atoms with van der Waals surface area (Å²) in [5.41, 5.74) is 0.922. The van der Waals surface area contributed by atoms with Crippen LogP contribution in [0.15, 0.2) is 18.2 Å². The van der Waals surface area contributed by atoms with Crippen molar-refractivity contribution in [1.29, 1.82) is 5.26 Å². The molecule has 0 N–H and O–H groups in total. The zero-order chi connectivity index (χ0) is 13.5. The van der Waals surface area contributed by atoms with Gasteiger partial charge in [0, 0.05) is 0 Å². The summed E-state index contributed by atoms with van der Waals surface area (Å²) >= 11 is 0. The number of rotatable bonds is 6. The molecule has 0 aliphatic carbocycles. The SMILES string of the molecule is CCCN(C)C(C#N)c1ccc(OC)c(OC)c1. The second-order valence-electron chi connectivity index (χ2n) is 4.13. The molecule has 0 spiro atoms. The fourth-order valence-corrected chi connectivity index (χ4v) is 1.93. The van der Waals surface area contributed by atoms with Gasteiger partial charge in [0.2, 0.25) is 0 Å². The molecule has 0 aliphatic rings. The third-order valence-electron chi connectivity index (χ3n) is 2.86. The molecule has 1 rings (SSSR count). The van der Waals surface area contributed by atoms with E-state index in [0.717, 1.165) is 18.5 Å². The molecule has 0 aromatic heterocycles. The van der Waals surface area contributed by atoms with E-state index >= 15 is 0 Å². The number of nitrogens with zero attached hydrogens (tertiary/aromatic N) is 2. The Morgan fingerprint density at radius 1 is 1.28 bits per heavy atom. The van der Waals surface area contributed by atoms with Crippen molar-refractivity contribution in [1.82, 2.24) is 4.90 Å². The average Bonchev–Trinajstić information content (AvgIpc) is 2.39. The Morgan fingerprint density at radius 3 is 2.44 bits per heavy atom. The minimum Gasteiger partial charge on any atom is -0.493 e. The lowest BCUT2D eigenvalue weighted by molar-refractivity contribution is 0.290. The van der Waals surface area contributed by atoms with Gasteiger partial charge in [-0.1, -0.05) is 13.0 Å². The Bertz CT molecular complexity index is 426. The first kappa shape index (κ1) is 14.3. The van der Waals surface area contributed by atoms with Crippen LogP contribution in [0.2, 0.25) is 0 Å². The molecule has 0 aliphatic heterocycles. The second-order valence-corrected chi connectivity index (χ2v) is 4.13. The monoisotopic (exact) mass is 248 g/mol. The van der Waals surface area contributed by atoms with E-state index < -0.39 is 0 Å². The van der Waals surface area contributed by atoms with E-state index in [9.17, 15) is 5.26 Å². The van der Waals surface area contributed by atoms with Gasteiger partial charge >= 0.3 is 0 Å². The van der Waals surface area contributed by atoms with Crippen molar-refractivity contribution in [2.75, 3.05) is 27.8 Å². The molecule has 1 unspecified atom stereocenters. The van der Waals surface area contributed by atoms with Crippen molar-refractivity contribution in [3.63, 3.8) is 0 Å². The van der Waals surface area contributed by atoms with Crippen LogP contribution >= 0.6 is 0 Å². The van der Waals surface area contributed by atoms with Gasteiger partial charge in [0.25, 0.3) is 0 Å². The summed E-state index contributed by atoms with van der Waals surface area (Å²) in [6.45, 7) is 2.98. The molecule has 0 heterocycles. The maximum absolute atomic E-state index is 9.30. The molecule has 0 amide bonds. The Balaban J connectivity index is 3.04. The van der Waals surface area contributed by atoms with Gasteiger partial charge in [-0.25, -0.2) is 0 Å². The van der Waals surface area contributed by atoms with Gasteiger partial charge in [0.15, 0.2) is 11.5 Å². The topological polar surface area (TPSA) is 45.5 Å². The molecule has 0 saturated heterocycles. The molecule has 4 heteroatoms. The molecule has 98 valence electrons. The van der Waals surface area contributed by atoms with E-state index in [1.54, 1.807) is 14.2 Å². The second kappa shape index (κ2) is 6.87. The summed E-state index contributed by atoms with van der Waals surface area (Å²) in [5.74, 6) is 1.33. The van der Waals surface area contributed by atoms with Crippen LogP contribution in [0.3, 0.4) is 0 Å². The summed E-state index contributed by atoms with van der Waals surface area (Å²) in [6, 6.07) is 7.66. The molecule has 1 atom stereocenters. The van der Waals surface area contributed by atoms with E-state index in [1.165, 1.54) is 0 Å². The third-order valence-corrected chi connectivity index (χ3v) is 2.86. The Kier molecular flexibility index (Phi) is 5.47. The average molecular weight is 248 g/mol. The molecule has 18 heavy (non-hydrogen) atoms. The number of methoxy groups -OCH3 is 2. The third kappa shape index (κ3) is 3.14. The predicted molar refractivity (Wildman–Crippen MR) is 70.8 cm³/mol. The van der Waals surface area contributed by atoms with Crippen LogP contribution in [-0.4, -0.2) is 32.7 Å². The summed E-state index contributed by atoms with van der Waals surface area (Å²) in [6.07, 6.45) is 1.02. The van der Waals surface area contributed by atoms with Gasteiger partial charge in [-0.3, -0.25) is 4.90 Å². The maximum atomic E-state index is 9.30. The lowest BCUT2D eigenvalue weighted by Gasteiger charge is -2.22. The summed E-state index contributed by atoms with van der Waals surface area (Å²) in [7, 11) is 5.15. The fourth-order valence-electron chi connectivity index (χ4n) is 1.93. The number of ether oxygens (including phenoxy) is 2. The quantitative estimate of drug-likeness (QED) is 0.776. The lowest BCUT2D eigenvalue weighted by Crippen LogP contribution is -2.24. The molecular formula is C14H20N2O2. The van der Waals surface area contributed by atoms with Gasteiger partial charge in [-0.15, -0.1) is 0 Å². The highest BCUT2D eigenvalue weighted by Crippen LogP contribution is 2.31. The number of hydrogen-bond acceptors (Lipinski definition) is 4. The lowest BCUT2D eigenvalue weighted by atomic mass is 10.1. The Labute approximate surface area is 109 Å².